The fourth-order valence-corrected chi connectivity index (χ4v) is 2.83. The highest BCUT2D eigenvalue weighted by atomic mass is 35.5. The molecule has 0 fully saturated rings. The maximum absolute atomic E-state index is 14.1. The first kappa shape index (κ1) is 18.6. The number of nitrogens with one attached hydrogen (secondary N) is 3. The second-order valence-corrected chi connectivity index (χ2v) is 6.18. The van der Waals surface area contributed by atoms with Gasteiger partial charge in [-0.05, 0) is 19.1 Å². The predicted molar refractivity (Wildman–Crippen MR) is 99.8 cm³/mol. The van der Waals surface area contributed by atoms with Gasteiger partial charge < -0.3 is 5.32 Å². The van der Waals surface area contributed by atoms with Crippen molar-refractivity contribution in [3.63, 3.8) is 0 Å². The van der Waals surface area contributed by atoms with Gasteiger partial charge in [0.15, 0.2) is 5.82 Å². The van der Waals surface area contributed by atoms with Crippen LogP contribution in [0.2, 0.25) is 5.02 Å². The van der Waals surface area contributed by atoms with Gasteiger partial charge in [-0.1, -0.05) is 17.7 Å². The van der Waals surface area contributed by atoms with Crippen molar-refractivity contribution >= 4 is 29.0 Å². The van der Waals surface area contributed by atoms with Crippen LogP contribution in [0.3, 0.4) is 0 Å². The average molecular weight is 390 g/mol. The highest BCUT2D eigenvalue weighted by Crippen LogP contribution is 2.30. The summed E-state index contributed by atoms with van der Waals surface area (Å²) >= 11 is 6.12. The minimum Gasteiger partial charge on any atom is -0.360 e. The number of rotatable bonds is 6. The molecule has 0 radical (unpaired) electrons. The molecule has 2 heterocycles. The zero-order valence-corrected chi connectivity index (χ0v) is 15.3. The molecule has 0 bridgehead atoms. The zero-order chi connectivity index (χ0) is 19.4. The van der Waals surface area contributed by atoms with Crippen molar-refractivity contribution in [2.75, 3.05) is 10.7 Å². The Hall–Kier alpha value is -3.20. The quantitative estimate of drug-likeness (QED) is 0.561. The Morgan fingerprint density at radius 2 is 2.04 bits per heavy atom. The van der Waals surface area contributed by atoms with Crippen LogP contribution >= 0.6 is 11.6 Å². The third kappa shape index (κ3) is 4.32. The summed E-state index contributed by atoms with van der Waals surface area (Å²) in [5, 5.41) is 7.70. The van der Waals surface area contributed by atoms with Gasteiger partial charge in [-0.3, -0.25) is 20.3 Å². The Morgan fingerprint density at radius 1 is 1.30 bits per heavy atom. The lowest BCUT2D eigenvalue weighted by atomic mass is 10.1. The van der Waals surface area contributed by atoms with E-state index in [9.17, 15) is 9.18 Å². The molecule has 3 N–H and O–H groups in total. The van der Waals surface area contributed by atoms with E-state index < -0.39 is 17.8 Å². The van der Waals surface area contributed by atoms with E-state index in [1.807, 2.05) is 0 Å². The second kappa shape index (κ2) is 8.00. The van der Waals surface area contributed by atoms with E-state index in [1.54, 1.807) is 37.0 Å². The summed E-state index contributed by atoms with van der Waals surface area (Å²) in [5.74, 6) is -0.394. The van der Waals surface area contributed by atoms with Gasteiger partial charge in [0.1, 0.15) is 17.8 Å². The normalized spacial score (nSPS) is 11.7. The van der Waals surface area contributed by atoms with Gasteiger partial charge in [0.05, 0.1) is 17.8 Å². The van der Waals surface area contributed by atoms with Crippen LogP contribution in [0.4, 0.5) is 15.9 Å². The number of halogens is 2. The number of aryl methyl sites for hydroxylation is 1. The number of hydrogen-bond donors (Lipinski definition) is 3. The van der Waals surface area contributed by atoms with E-state index in [4.69, 9.17) is 11.6 Å². The third-order valence-corrected chi connectivity index (χ3v) is 4.08. The van der Waals surface area contributed by atoms with E-state index in [-0.39, 0.29) is 0 Å². The first-order valence-corrected chi connectivity index (χ1v) is 8.39. The lowest BCUT2D eigenvalue weighted by Gasteiger charge is -2.17. The van der Waals surface area contributed by atoms with Gasteiger partial charge in [-0.2, -0.15) is 5.10 Å². The maximum atomic E-state index is 14.1. The number of carbonyl (C=O) groups is 1. The number of aromatic nitrogens is 4. The number of hydrazine groups is 1. The Labute approximate surface area is 159 Å². The topological polar surface area (TPSA) is 96.8 Å². The molecule has 0 aliphatic carbocycles. The first-order chi connectivity index (χ1) is 13.0. The van der Waals surface area contributed by atoms with Crippen LogP contribution in [-0.2, 0) is 7.05 Å². The van der Waals surface area contributed by atoms with Crippen LogP contribution in [0.15, 0.2) is 43.1 Å². The van der Waals surface area contributed by atoms with Crippen LogP contribution < -0.4 is 16.2 Å². The fourth-order valence-electron chi connectivity index (χ4n) is 2.50. The Bertz CT molecular complexity index is 927. The molecule has 0 saturated carbocycles. The minimum absolute atomic E-state index is 0.301. The van der Waals surface area contributed by atoms with Crippen molar-refractivity contribution in [1.29, 1.82) is 0 Å². The van der Waals surface area contributed by atoms with Gasteiger partial charge in [0.25, 0.3) is 5.91 Å². The fraction of sp³-hybridized carbons (Fsp3) is 0.176. The number of amides is 1. The number of carbonyl (C=O) groups excluding carboxylic acids is 1. The lowest BCUT2D eigenvalue weighted by molar-refractivity contribution is 0.0962. The highest BCUT2D eigenvalue weighted by Gasteiger charge is 2.18. The molecule has 2 aromatic heterocycles. The third-order valence-electron chi connectivity index (χ3n) is 3.75. The minimum atomic E-state index is -0.452. The molecular formula is C17H17ClFN7O. The van der Waals surface area contributed by atoms with Crippen molar-refractivity contribution in [3.8, 4) is 0 Å². The van der Waals surface area contributed by atoms with E-state index in [1.165, 1.54) is 24.8 Å². The summed E-state index contributed by atoms with van der Waals surface area (Å²) in [7, 11) is 1.73. The summed E-state index contributed by atoms with van der Waals surface area (Å²) in [6.07, 6.45) is 5.80. The maximum Gasteiger partial charge on any atom is 0.272 e. The van der Waals surface area contributed by atoms with E-state index in [2.05, 4.69) is 31.2 Å². The molecule has 1 aromatic carbocycles. The lowest BCUT2D eigenvalue weighted by Crippen LogP contribution is -2.29. The molecule has 3 rings (SSSR count). The SMILES string of the molecule is CC(Nc1nn(C)cc1NNC(=O)c1cncnc1)c1c(F)cccc1Cl. The van der Waals surface area contributed by atoms with Crippen molar-refractivity contribution in [1.82, 2.24) is 25.2 Å². The molecule has 0 saturated heterocycles. The summed E-state index contributed by atoms with van der Waals surface area (Å²) in [4.78, 5) is 19.7. The van der Waals surface area contributed by atoms with Crippen LogP contribution in [0, 0.1) is 5.82 Å². The van der Waals surface area contributed by atoms with Crippen LogP contribution in [0.25, 0.3) is 0 Å². The largest absolute Gasteiger partial charge is 0.360 e. The molecule has 1 atom stereocenters. The van der Waals surface area contributed by atoms with Gasteiger partial charge in [0.2, 0.25) is 0 Å². The van der Waals surface area contributed by atoms with Crippen molar-refractivity contribution in [2.24, 2.45) is 7.05 Å². The van der Waals surface area contributed by atoms with Gasteiger partial charge in [-0.15, -0.1) is 0 Å². The molecule has 8 nitrogen and oxygen atoms in total. The van der Waals surface area contributed by atoms with Crippen LogP contribution in [0.5, 0.6) is 0 Å². The van der Waals surface area contributed by atoms with E-state index in [0.717, 1.165) is 0 Å². The first-order valence-electron chi connectivity index (χ1n) is 8.01. The molecule has 1 unspecified atom stereocenters. The number of benzene rings is 1. The van der Waals surface area contributed by atoms with Gasteiger partial charge in [0, 0.05) is 30.0 Å². The standard InChI is InChI=1S/C17H17ClFN7O/c1-10(15-12(18)4-3-5-13(15)19)22-16-14(8-26(2)25-16)23-24-17(27)11-6-20-9-21-7-11/h3-10,23H,1-2H3,(H,22,25)(H,24,27). The Balaban J connectivity index is 1.73. The van der Waals surface area contributed by atoms with Crippen molar-refractivity contribution in [3.05, 3.63) is 65.1 Å². The molecule has 27 heavy (non-hydrogen) atoms. The molecule has 0 aliphatic heterocycles. The van der Waals surface area contributed by atoms with Crippen LogP contribution in [0.1, 0.15) is 28.9 Å². The van der Waals surface area contributed by atoms with Gasteiger partial charge >= 0.3 is 0 Å². The highest BCUT2D eigenvalue weighted by molar-refractivity contribution is 6.31. The monoisotopic (exact) mass is 389 g/mol. The Morgan fingerprint density at radius 3 is 2.74 bits per heavy atom. The molecule has 140 valence electrons. The Kier molecular flexibility index (Phi) is 5.51. The molecule has 0 aliphatic rings. The number of anilines is 2. The van der Waals surface area contributed by atoms with Crippen molar-refractivity contribution in [2.45, 2.75) is 13.0 Å². The predicted octanol–water partition coefficient (Wildman–Crippen LogP) is 2.93. The number of nitrogens with zero attached hydrogens (tertiary/aromatic N) is 4. The summed E-state index contributed by atoms with van der Waals surface area (Å²) < 4.78 is 15.7. The zero-order valence-electron chi connectivity index (χ0n) is 14.6. The molecular weight excluding hydrogens is 373 g/mol. The molecule has 3 aromatic rings. The summed E-state index contributed by atoms with van der Waals surface area (Å²) in [5.41, 5.74) is 6.47. The summed E-state index contributed by atoms with van der Waals surface area (Å²) in [6.45, 7) is 1.77. The van der Waals surface area contributed by atoms with Crippen molar-refractivity contribution < 1.29 is 9.18 Å². The molecule has 10 heteroatoms. The average Bonchev–Trinajstić information content (AvgIpc) is 2.99. The summed E-state index contributed by atoms with van der Waals surface area (Å²) in [6, 6.07) is 4.06. The number of hydrogen-bond acceptors (Lipinski definition) is 6. The molecule has 0 spiro atoms. The molecule has 1 amide bonds. The second-order valence-electron chi connectivity index (χ2n) is 5.77. The van der Waals surface area contributed by atoms with Crippen LogP contribution in [-0.4, -0.2) is 25.7 Å². The van der Waals surface area contributed by atoms with Gasteiger partial charge in [-0.25, -0.2) is 14.4 Å². The smallest absolute Gasteiger partial charge is 0.272 e. The van der Waals surface area contributed by atoms with E-state index in [0.29, 0.717) is 27.7 Å². The van der Waals surface area contributed by atoms with E-state index >= 15 is 0 Å².